The van der Waals surface area contributed by atoms with Crippen LogP contribution in [0.1, 0.15) is 32.0 Å². The number of nitrogens with zero attached hydrogens (tertiary/aromatic N) is 2. The number of imidazole rings is 1. The monoisotopic (exact) mass is 478 g/mol. The zero-order valence-corrected chi connectivity index (χ0v) is 19.0. The van der Waals surface area contributed by atoms with Crippen molar-refractivity contribution in [2.24, 2.45) is 0 Å². The summed E-state index contributed by atoms with van der Waals surface area (Å²) in [6.45, 7) is 0.939. The van der Waals surface area contributed by atoms with E-state index in [9.17, 15) is 9.59 Å². The highest BCUT2D eigenvalue weighted by molar-refractivity contribution is 6.30. The molecule has 0 bridgehead atoms. The third-order valence-electron chi connectivity index (χ3n) is 4.92. The minimum absolute atomic E-state index is 0.205. The first-order valence-corrected chi connectivity index (χ1v) is 10.9. The Morgan fingerprint density at radius 3 is 2.06 bits per heavy atom. The van der Waals surface area contributed by atoms with Crippen molar-refractivity contribution in [2.45, 2.75) is 13.1 Å². The van der Waals surface area contributed by atoms with E-state index in [1.165, 1.54) is 0 Å². The van der Waals surface area contributed by atoms with Gasteiger partial charge in [-0.05, 0) is 59.7 Å². The lowest BCUT2D eigenvalue weighted by Gasteiger charge is -2.07. The SMILES string of the molecule is O=C(Nc1ccc(Cn2cnc(C(=O)NCc3ccc(Cl)cc3)c2)cc1)c1ccc(Cl)cc1. The Morgan fingerprint density at radius 2 is 1.39 bits per heavy atom. The maximum atomic E-state index is 12.4. The number of rotatable bonds is 7. The molecule has 0 saturated carbocycles. The second-order valence-corrected chi connectivity index (χ2v) is 8.27. The number of carbonyl (C=O) groups is 2. The number of hydrogen-bond donors (Lipinski definition) is 2. The number of carbonyl (C=O) groups excluding carboxylic acids is 2. The van der Waals surface area contributed by atoms with Gasteiger partial charge in [0.05, 0.1) is 6.33 Å². The lowest BCUT2D eigenvalue weighted by Crippen LogP contribution is -2.23. The van der Waals surface area contributed by atoms with Crippen molar-refractivity contribution in [3.63, 3.8) is 0 Å². The van der Waals surface area contributed by atoms with Crippen molar-refractivity contribution in [2.75, 3.05) is 5.32 Å². The second-order valence-electron chi connectivity index (χ2n) is 7.40. The van der Waals surface area contributed by atoms with Crippen LogP contribution in [0, 0.1) is 0 Å². The van der Waals surface area contributed by atoms with E-state index in [0.29, 0.717) is 40.1 Å². The zero-order chi connectivity index (χ0) is 23.2. The highest BCUT2D eigenvalue weighted by atomic mass is 35.5. The molecule has 3 aromatic carbocycles. The first-order valence-electron chi connectivity index (χ1n) is 10.2. The first-order chi connectivity index (χ1) is 16.0. The van der Waals surface area contributed by atoms with Gasteiger partial charge in [-0.15, -0.1) is 0 Å². The van der Waals surface area contributed by atoms with Gasteiger partial charge in [-0.2, -0.15) is 0 Å². The summed E-state index contributed by atoms with van der Waals surface area (Å²) in [6, 6.07) is 21.5. The quantitative estimate of drug-likeness (QED) is 0.372. The van der Waals surface area contributed by atoms with Gasteiger partial charge in [-0.25, -0.2) is 4.98 Å². The molecule has 1 heterocycles. The molecule has 0 saturated heterocycles. The predicted molar refractivity (Wildman–Crippen MR) is 130 cm³/mol. The molecule has 0 aliphatic rings. The fraction of sp³-hybridized carbons (Fsp3) is 0.0800. The van der Waals surface area contributed by atoms with Gasteiger partial charge < -0.3 is 15.2 Å². The number of aromatic nitrogens is 2. The maximum Gasteiger partial charge on any atom is 0.271 e. The van der Waals surface area contributed by atoms with Gasteiger partial charge in [0.2, 0.25) is 0 Å². The lowest BCUT2D eigenvalue weighted by molar-refractivity contribution is 0.0945. The zero-order valence-electron chi connectivity index (χ0n) is 17.5. The summed E-state index contributed by atoms with van der Waals surface area (Å²) in [4.78, 5) is 28.9. The summed E-state index contributed by atoms with van der Waals surface area (Å²) in [6.07, 6.45) is 3.32. The molecule has 166 valence electrons. The molecule has 0 atom stereocenters. The number of amides is 2. The Morgan fingerprint density at radius 1 is 0.788 bits per heavy atom. The molecule has 4 aromatic rings. The number of halogens is 2. The fourth-order valence-electron chi connectivity index (χ4n) is 3.15. The molecule has 0 aliphatic carbocycles. The topological polar surface area (TPSA) is 76.0 Å². The predicted octanol–water partition coefficient (Wildman–Crippen LogP) is 5.42. The molecule has 6 nitrogen and oxygen atoms in total. The Bertz CT molecular complexity index is 1250. The Labute approximate surface area is 201 Å². The third-order valence-corrected chi connectivity index (χ3v) is 5.42. The molecule has 0 spiro atoms. The maximum absolute atomic E-state index is 12.4. The second kappa shape index (κ2) is 10.3. The largest absolute Gasteiger partial charge is 0.347 e. The third kappa shape index (κ3) is 6.22. The van der Waals surface area contributed by atoms with Crippen LogP contribution in [0.4, 0.5) is 5.69 Å². The van der Waals surface area contributed by atoms with E-state index in [1.807, 2.05) is 41.0 Å². The van der Waals surface area contributed by atoms with Crippen molar-refractivity contribution in [1.82, 2.24) is 14.9 Å². The van der Waals surface area contributed by atoms with Crippen molar-refractivity contribution in [3.8, 4) is 0 Å². The van der Waals surface area contributed by atoms with Crippen LogP contribution in [0.25, 0.3) is 0 Å². The molecular formula is C25H20Cl2N4O2. The molecule has 33 heavy (non-hydrogen) atoms. The Hall–Kier alpha value is -3.61. The standard InChI is InChI=1S/C25H20Cl2N4O2/c26-20-7-1-17(2-8-20)13-28-25(33)23-15-31(16-29-23)14-18-3-11-22(12-4-18)30-24(32)19-5-9-21(27)10-6-19/h1-12,15-16H,13-14H2,(H,28,33)(H,30,32). The van der Waals surface area contributed by atoms with Gasteiger partial charge in [0.1, 0.15) is 5.69 Å². The average Bonchev–Trinajstić information content (AvgIpc) is 3.29. The van der Waals surface area contributed by atoms with Crippen LogP contribution in [-0.2, 0) is 13.1 Å². The van der Waals surface area contributed by atoms with E-state index in [-0.39, 0.29) is 11.8 Å². The highest BCUT2D eigenvalue weighted by Gasteiger charge is 2.10. The molecule has 1 aromatic heterocycles. The van der Waals surface area contributed by atoms with E-state index in [2.05, 4.69) is 15.6 Å². The van der Waals surface area contributed by atoms with Crippen LogP contribution in [0.15, 0.2) is 85.3 Å². The van der Waals surface area contributed by atoms with Gasteiger partial charge in [0.15, 0.2) is 0 Å². The Kier molecular flexibility index (Phi) is 7.07. The van der Waals surface area contributed by atoms with Crippen molar-refractivity contribution >= 4 is 40.7 Å². The summed E-state index contributed by atoms with van der Waals surface area (Å²) in [5.74, 6) is -0.452. The van der Waals surface area contributed by atoms with Crippen molar-refractivity contribution in [3.05, 3.63) is 118 Å². The summed E-state index contributed by atoms with van der Waals surface area (Å²) in [5.41, 5.74) is 3.52. The number of benzene rings is 3. The normalized spacial score (nSPS) is 10.6. The van der Waals surface area contributed by atoms with E-state index in [4.69, 9.17) is 23.2 Å². The van der Waals surface area contributed by atoms with Crippen LogP contribution in [0.2, 0.25) is 10.0 Å². The van der Waals surface area contributed by atoms with E-state index < -0.39 is 0 Å². The summed E-state index contributed by atoms with van der Waals surface area (Å²) in [7, 11) is 0. The summed E-state index contributed by atoms with van der Waals surface area (Å²) >= 11 is 11.7. The van der Waals surface area contributed by atoms with E-state index in [1.54, 1.807) is 48.9 Å². The molecule has 0 fully saturated rings. The van der Waals surface area contributed by atoms with Crippen LogP contribution < -0.4 is 10.6 Å². The lowest BCUT2D eigenvalue weighted by atomic mass is 10.2. The molecule has 0 unspecified atom stereocenters. The van der Waals surface area contributed by atoms with Crippen LogP contribution >= 0.6 is 23.2 Å². The van der Waals surface area contributed by atoms with Crippen molar-refractivity contribution in [1.29, 1.82) is 0 Å². The molecule has 0 radical (unpaired) electrons. The van der Waals surface area contributed by atoms with Crippen molar-refractivity contribution < 1.29 is 9.59 Å². The minimum Gasteiger partial charge on any atom is -0.347 e. The van der Waals surface area contributed by atoms with E-state index in [0.717, 1.165) is 11.1 Å². The average molecular weight is 479 g/mol. The molecule has 0 aliphatic heterocycles. The molecular weight excluding hydrogens is 459 g/mol. The van der Waals surface area contributed by atoms with Crippen LogP contribution in [0.3, 0.4) is 0 Å². The number of hydrogen-bond acceptors (Lipinski definition) is 3. The fourth-order valence-corrected chi connectivity index (χ4v) is 3.40. The summed E-state index contributed by atoms with van der Waals surface area (Å²) < 4.78 is 1.83. The first kappa shape index (κ1) is 22.6. The molecule has 2 N–H and O–H groups in total. The highest BCUT2D eigenvalue weighted by Crippen LogP contribution is 2.15. The van der Waals surface area contributed by atoms with Gasteiger partial charge in [0, 0.05) is 40.6 Å². The van der Waals surface area contributed by atoms with Gasteiger partial charge >= 0.3 is 0 Å². The minimum atomic E-state index is -0.246. The molecule has 8 heteroatoms. The van der Waals surface area contributed by atoms with Gasteiger partial charge in [-0.1, -0.05) is 47.5 Å². The molecule has 4 rings (SSSR count). The Balaban J connectivity index is 1.31. The summed E-state index contributed by atoms with van der Waals surface area (Å²) in [5, 5.41) is 6.94. The smallest absolute Gasteiger partial charge is 0.271 e. The molecule has 2 amide bonds. The van der Waals surface area contributed by atoms with Gasteiger partial charge in [-0.3, -0.25) is 9.59 Å². The number of anilines is 1. The van der Waals surface area contributed by atoms with E-state index >= 15 is 0 Å². The number of nitrogens with one attached hydrogen (secondary N) is 2. The van der Waals surface area contributed by atoms with Crippen LogP contribution in [0.5, 0.6) is 0 Å². The van der Waals surface area contributed by atoms with Crippen LogP contribution in [-0.4, -0.2) is 21.4 Å². The van der Waals surface area contributed by atoms with Gasteiger partial charge in [0.25, 0.3) is 11.8 Å².